The van der Waals surface area contributed by atoms with Crippen molar-refractivity contribution in [1.82, 2.24) is 10.6 Å². The Hall–Kier alpha value is -2.11. The van der Waals surface area contributed by atoms with E-state index in [1.807, 2.05) is 42.5 Å². The Morgan fingerprint density at radius 2 is 1.93 bits per heavy atom. The Balaban J connectivity index is 1.72. The van der Waals surface area contributed by atoms with Crippen LogP contribution in [0.25, 0.3) is 10.8 Å². The van der Waals surface area contributed by atoms with Crippen LogP contribution in [0.5, 0.6) is 0 Å². The number of hydrogen-bond donors (Lipinski definition) is 2. The van der Waals surface area contributed by atoms with Gasteiger partial charge in [-0.25, -0.2) is 0 Å². The molecule has 144 valence electrons. The van der Waals surface area contributed by atoms with E-state index in [1.165, 1.54) is 0 Å². The normalized spacial score (nSPS) is 18.0. The molecule has 0 spiro atoms. The molecule has 0 saturated carbocycles. The second-order valence-corrected chi connectivity index (χ2v) is 7.12. The summed E-state index contributed by atoms with van der Waals surface area (Å²) < 4.78 is 5.66. The molecule has 1 aliphatic heterocycles. The predicted octanol–water partition coefficient (Wildman–Crippen LogP) is 3.31. The van der Waals surface area contributed by atoms with Crippen molar-refractivity contribution >= 4 is 34.2 Å². The lowest BCUT2D eigenvalue weighted by molar-refractivity contribution is -0.126. The standard InChI is InChI=1S/C21H25ClN2O3/c22-13-21(26)23-14-19(24-20(25)12-18-7-3-4-10-27-18)17-9-8-15-5-1-2-6-16(15)11-17/h1-2,5-6,8-9,11,18-19H,3-4,7,10,12-14H2,(H,23,26)(H,24,25). The van der Waals surface area contributed by atoms with Crippen LogP contribution in [0.3, 0.4) is 0 Å². The van der Waals surface area contributed by atoms with Crippen LogP contribution >= 0.6 is 11.6 Å². The van der Waals surface area contributed by atoms with Gasteiger partial charge in [0.2, 0.25) is 11.8 Å². The van der Waals surface area contributed by atoms with E-state index in [0.29, 0.717) is 13.0 Å². The number of nitrogens with one attached hydrogen (secondary N) is 2. The molecule has 2 atom stereocenters. The van der Waals surface area contributed by atoms with Gasteiger partial charge >= 0.3 is 0 Å². The molecule has 2 aromatic rings. The Bertz CT molecular complexity index is 790. The van der Waals surface area contributed by atoms with Crippen molar-refractivity contribution in [1.29, 1.82) is 0 Å². The van der Waals surface area contributed by atoms with Crippen LogP contribution in [0.1, 0.15) is 37.3 Å². The van der Waals surface area contributed by atoms with Gasteiger partial charge in [-0.2, -0.15) is 0 Å². The molecular formula is C21H25ClN2O3. The monoisotopic (exact) mass is 388 g/mol. The summed E-state index contributed by atoms with van der Waals surface area (Å²) in [5.41, 5.74) is 0.946. The van der Waals surface area contributed by atoms with E-state index >= 15 is 0 Å². The first-order valence-electron chi connectivity index (χ1n) is 9.38. The van der Waals surface area contributed by atoms with Gasteiger partial charge in [0, 0.05) is 13.2 Å². The molecule has 3 rings (SSSR count). The average molecular weight is 389 g/mol. The first kappa shape index (κ1) is 19.6. The predicted molar refractivity (Wildman–Crippen MR) is 107 cm³/mol. The molecule has 0 aliphatic carbocycles. The van der Waals surface area contributed by atoms with E-state index < -0.39 is 0 Å². The second-order valence-electron chi connectivity index (χ2n) is 6.86. The van der Waals surface area contributed by atoms with Crippen LogP contribution in [0.2, 0.25) is 0 Å². The van der Waals surface area contributed by atoms with E-state index in [2.05, 4.69) is 10.6 Å². The molecule has 1 heterocycles. The molecule has 0 radical (unpaired) electrons. The summed E-state index contributed by atoms with van der Waals surface area (Å²) in [5, 5.41) is 8.04. The average Bonchev–Trinajstić information content (AvgIpc) is 2.71. The molecule has 2 unspecified atom stereocenters. The van der Waals surface area contributed by atoms with Crippen LogP contribution in [0, 0.1) is 0 Å². The van der Waals surface area contributed by atoms with E-state index in [0.717, 1.165) is 42.2 Å². The quantitative estimate of drug-likeness (QED) is 0.715. The van der Waals surface area contributed by atoms with Crippen molar-refractivity contribution in [3.8, 4) is 0 Å². The summed E-state index contributed by atoms with van der Waals surface area (Å²) in [6.45, 7) is 1.01. The molecule has 2 aromatic carbocycles. The maximum Gasteiger partial charge on any atom is 0.235 e. The maximum atomic E-state index is 12.5. The highest BCUT2D eigenvalue weighted by Gasteiger charge is 2.21. The second kappa shape index (κ2) is 9.72. The summed E-state index contributed by atoms with van der Waals surface area (Å²) in [5.74, 6) is -0.429. The van der Waals surface area contributed by atoms with Crippen LogP contribution in [-0.4, -0.2) is 36.9 Å². The number of amides is 2. The maximum absolute atomic E-state index is 12.5. The minimum absolute atomic E-state index is 0.0200. The van der Waals surface area contributed by atoms with E-state index in [-0.39, 0.29) is 29.8 Å². The molecule has 0 aromatic heterocycles. The van der Waals surface area contributed by atoms with Crippen molar-refractivity contribution in [2.75, 3.05) is 19.0 Å². The molecule has 0 bridgehead atoms. The summed E-state index contributed by atoms with van der Waals surface area (Å²) in [6.07, 6.45) is 3.39. The summed E-state index contributed by atoms with van der Waals surface area (Å²) in [6, 6.07) is 13.8. The van der Waals surface area contributed by atoms with Crippen LogP contribution in [0.15, 0.2) is 42.5 Å². The molecule has 1 fully saturated rings. The van der Waals surface area contributed by atoms with Gasteiger partial charge < -0.3 is 15.4 Å². The lowest BCUT2D eigenvalue weighted by atomic mass is 10.0. The molecule has 2 amide bonds. The van der Waals surface area contributed by atoms with E-state index in [4.69, 9.17) is 16.3 Å². The fourth-order valence-electron chi connectivity index (χ4n) is 3.37. The Morgan fingerprint density at radius 3 is 2.67 bits per heavy atom. The fraction of sp³-hybridized carbons (Fsp3) is 0.429. The van der Waals surface area contributed by atoms with Crippen LogP contribution < -0.4 is 10.6 Å². The van der Waals surface area contributed by atoms with E-state index in [1.54, 1.807) is 0 Å². The summed E-state index contributed by atoms with van der Waals surface area (Å²) in [4.78, 5) is 24.1. The van der Waals surface area contributed by atoms with Gasteiger partial charge in [0.1, 0.15) is 5.88 Å². The van der Waals surface area contributed by atoms with Gasteiger partial charge in [0.25, 0.3) is 0 Å². The number of fused-ring (bicyclic) bond motifs is 1. The van der Waals surface area contributed by atoms with Crippen molar-refractivity contribution in [2.24, 2.45) is 0 Å². The summed E-state index contributed by atoms with van der Waals surface area (Å²) in [7, 11) is 0. The first-order chi connectivity index (χ1) is 13.2. The Kier molecular flexibility index (Phi) is 7.07. The van der Waals surface area contributed by atoms with Gasteiger partial charge in [-0.05, 0) is 41.7 Å². The molecule has 1 aliphatic rings. The fourth-order valence-corrected chi connectivity index (χ4v) is 3.46. The van der Waals surface area contributed by atoms with Gasteiger partial charge in [-0.15, -0.1) is 11.6 Å². The Morgan fingerprint density at radius 1 is 1.11 bits per heavy atom. The smallest absolute Gasteiger partial charge is 0.235 e. The topological polar surface area (TPSA) is 67.4 Å². The Labute approximate surface area is 164 Å². The zero-order chi connectivity index (χ0) is 19.1. The number of alkyl halides is 1. The van der Waals surface area contributed by atoms with Crippen molar-refractivity contribution in [2.45, 2.75) is 37.8 Å². The van der Waals surface area contributed by atoms with Crippen LogP contribution in [0.4, 0.5) is 0 Å². The number of benzene rings is 2. The lowest BCUT2D eigenvalue weighted by Gasteiger charge is -2.24. The number of hydrogen-bond acceptors (Lipinski definition) is 3. The van der Waals surface area contributed by atoms with Gasteiger partial charge in [0.15, 0.2) is 0 Å². The van der Waals surface area contributed by atoms with Crippen molar-refractivity contribution < 1.29 is 14.3 Å². The number of rotatable bonds is 7. The summed E-state index contributed by atoms with van der Waals surface area (Å²) >= 11 is 5.58. The number of halogens is 1. The molecule has 6 heteroatoms. The lowest BCUT2D eigenvalue weighted by Crippen LogP contribution is -2.39. The minimum atomic E-state index is -0.321. The highest BCUT2D eigenvalue weighted by atomic mass is 35.5. The van der Waals surface area contributed by atoms with Gasteiger partial charge in [0.05, 0.1) is 18.6 Å². The first-order valence-corrected chi connectivity index (χ1v) is 9.91. The highest BCUT2D eigenvalue weighted by Crippen LogP contribution is 2.21. The largest absolute Gasteiger partial charge is 0.378 e. The molecule has 2 N–H and O–H groups in total. The van der Waals surface area contributed by atoms with Gasteiger partial charge in [-0.1, -0.05) is 36.4 Å². The van der Waals surface area contributed by atoms with Gasteiger partial charge in [-0.3, -0.25) is 9.59 Å². The molecule has 5 nitrogen and oxygen atoms in total. The zero-order valence-electron chi connectivity index (χ0n) is 15.2. The SMILES string of the molecule is O=C(CCl)NCC(NC(=O)CC1CCCCO1)c1ccc2ccccc2c1. The van der Waals surface area contributed by atoms with Crippen molar-refractivity contribution in [3.05, 3.63) is 48.0 Å². The minimum Gasteiger partial charge on any atom is -0.378 e. The number of carbonyl (C=O) groups is 2. The number of ether oxygens (including phenoxy) is 1. The molecule has 27 heavy (non-hydrogen) atoms. The third-order valence-corrected chi connectivity index (χ3v) is 5.07. The zero-order valence-corrected chi connectivity index (χ0v) is 16.0. The number of carbonyl (C=O) groups excluding carboxylic acids is 2. The third kappa shape index (κ3) is 5.68. The molecular weight excluding hydrogens is 364 g/mol. The van der Waals surface area contributed by atoms with Crippen molar-refractivity contribution in [3.63, 3.8) is 0 Å². The van der Waals surface area contributed by atoms with E-state index in [9.17, 15) is 9.59 Å². The third-order valence-electron chi connectivity index (χ3n) is 4.82. The highest BCUT2D eigenvalue weighted by molar-refractivity contribution is 6.27. The van der Waals surface area contributed by atoms with Crippen LogP contribution in [-0.2, 0) is 14.3 Å². The molecule has 1 saturated heterocycles.